The van der Waals surface area contributed by atoms with E-state index in [0.29, 0.717) is 13.1 Å². The van der Waals surface area contributed by atoms with Gasteiger partial charge in [0.15, 0.2) is 0 Å². The predicted octanol–water partition coefficient (Wildman–Crippen LogP) is 0.643. The summed E-state index contributed by atoms with van der Waals surface area (Å²) < 4.78 is 1.60. The number of aromatic nitrogens is 2. The third kappa shape index (κ3) is 2.37. The zero-order valence-corrected chi connectivity index (χ0v) is 10.5. The van der Waals surface area contributed by atoms with Crippen molar-refractivity contribution in [2.75, 3.05) is 6.54 Å². The highest BCUT2D eigenvalue weighted by Crippen LogP contribution is 2.12. The van der Waals surface area contributed by atoms with Crippen LogP contribution in [0.15, 0.2) is 35.4 Å². The standard InChI is InChI=1S/C14H15N3O2/c18-11-3-1-2-10(6-11)8-17-9-16-13-7-15-5-4-12(13)14(17)19/h1-3,6,9,15,18H,4-5,7-8H2. The van der Waals surface area contributed by atoms with Crippen molar-refractivity contribution < 1.29 is 5.11 Å². The molecule has 0 radical (unpaired) electrons. The fraction of sp³-hybridized carbons (Fsp3) is 0.286. The summed E-state index contributed by atoms with van der Waals surface area (Å²) in [5, 5.41) is 12.6. The number of benzene rings is 1. The van der Waals surface area contributed by atoms with Crippen molar-refractivity contribution in [1.29, 1.82) is 0 Å². The van der Waals surface area contributed by atoms with Crippen LogP contribution >= 0.6 is 0 Å². The molecule has 1 aliphatic rings. The number of fused-ring (bicyclic) bond motifs is 1. The van der Waals surface area contributed by atoms with E-state index in [1.807, 2.05) is 6.07 Å². The molecular weight excluding hydrogens is 242 g/mol. The Hall–Kier alpha value is -2.14. The fourth-order valence-electron chi connectivity index (χ4n) is 2.35. The molecule has 1 aromatic heterocycles. The molecule has 0 atom stereocenters. The maximum absolute atomic E-state index is 12.3. The van der Waals surface area contributed by atoms with Crippen LogP contribution in [0.25, 0.3) is 0 Å². The van der Waals surface area contributed by atoms with Crippen LogP contribution in [-0.4, -0.2) is 21.2 Å². The molecule has 0 saturated carbocycles. The summed E-state index contributed by atoms with van der Waals surface area (Å²) in [7, 11) is 0. The van der Waals surface area contributed by atoms with Crippen LogP contribution < -0.4 is 10.9 Å². The van der Waals surface area contributed by atoms with E-state index in [0.717, 1.165) is 29.8 Å². The van der Waals surface area contributed by atoms with Crippen LogP contribution in [0.2, 0.25) is 0 Å². The van der Waals surface area contributed by atoms with Gasteiger partial charge in [0.2, 0.25) is 0 Å². The van der Waals surface area contributed by atoms with Gasteiger partial charge in [-0.05, 0) is 30.7 Å². The first kappa shape index (κ1) is 11.9. The van der Waals surface area contributed by atoms with Crippen LogP contribution in [0.3, 0.4) is 0 Å². The van der Waals surface area contributed by atoms with E-state index in [9.17, 15) is 9.90 Å². The van der Waals surface area contributed by atoms with Crippen LogP contribution in [0.4, 0.5) is 0 Å². The van der Waals surface area contributed by atoms with Gasteiger partial charge >= 0.3 is 0 Å². The summed E-state index contributed by atoms with van der Waals surface area (Å²) in [5.41, 5.74) is 2.57. The average molecular weight is 257 g/mol. The second-order valence-electron chi connectivity index (χ2n) is 4.70. The number of rotatable bonds is 2. The number of hydrogen-bond acceptors (Lipinski definition) is 4. The first-order chi connectivity index (χ1) is 9.24. The van der Waals surface area contributed by atoms with Crippen molar-refractivity contribution in [3.63, 3.8) is 0 Å². The second kappa shape index (κ2) is 4.85. The molecule has 2 aromatic rings. The average Bonchev–Trinajstić information content (AvgIpc) is 2.42. The fourth-order valence-corrected chi connectivity index (χ4v) is 2.35. The highest BCUT2D eigenvalue weighted by molar-refractivity contribution is 5.28. The molecule has 0 amide bonds. The lowest BCUT2D eigenvalue weighted by Gasteiger charge is -2.16. The molecule has 0 aliphatic carbocycles. The number of phenolic OH excluding ortho intramolecular Hbond substituents is 1. The first-order valence-corrected chi connectivity index (χ1v) is 6.30. The maximum Gasteiger partial charge on any atom is 0.257 e. The Morgan fingerprint density at radius 1 is 1.42 bits per heavy atom. The molecule has 0 saturated heterocycles. The third-order valence-electron chi connectivity index (χ3n) is 3.33. The Labute approximate surface area is 110 Å². The van der Waals surface area contributed by atoms with Crippen molar-refractivity contribution in [3.8, 4) is 5.75 Å². The summed E-state index contributed by atoms with van der Waals surface area (Å²) >= 11 is 0. The van der Waals surface area contributed by atoms with Crippen molar-refractivity contribution in [1.82, 2.24) is 14.9 Å². The van der Waals surface area contributed by atoms with E-state index < -0.39 is 0 Å². The van der Waals surface area contributed by atoms with Gasteiger partial charge in [-0.15, -0.1) is 0 Å². The molecule has 5 heteroatoms. The summed E-state index contributed by atoms with van der Waals surface area (Å²) in [4.78, 5) is 16.7. The van der Waals surface area contributed by atoms with E-state index in [2.05, 4.69) is 10.3 Å². The molecule has 98 valence electrons. The van der Waals surface area contributed by atoms with E-state index in [-0.39, 0.29) is 11.3 Å². The Balaban J connectivity index is 1.96. The zero-order valence-electron chi connectivity index (χ0n) is 10.5. The molecule has 2 heterocycles. The first-order valence-electron chi connectivity index (χ1n) is 6.30. The molecule has 2 N–H and O–H groups in total. The minimum Gasteiger partial charge on any atom is -0.508 e. The third-order valence-corrected chi connectivity index (χ3v) is 3.33. The van der Waals surface area contributed by atoms with E-state index in [4.69, 9.17) is 0 Å². The molecule has 19 heavy (non-hydrogen) atoms. The zero-order chi connectivity index (χ0) is 13.2. The number of hydrogen-bond donors (Lipinski definition) is 2. The predicted molar refractivity (Wildman–Crippen MR) is 71.1 cm³/mol. The lowest BCUT2D eigenvalue weighted by Crippen LogP contribution is -2.34. The number of nitrogens with zero attached hydrogens (tertiary/aromatic N) is 2. The maximum atomic E-state index is 12.3. The molecule has 3 rings (SSSR count). The van der Waals surface area contributed by atoms with Gasteiger partial charge in [0.25, 0.3) is 5.56 Å². The molecule has 1 aliphatic heterocycles. The van der Waals surface area contributed by atoms with Gasteiger partial charge in [-0.1, -0.05) is 12.1 Å². The van der Waals surface area contributed by atoms with Gasteiger partial charge in [0.1, 0.15) is 5.75 Å². The molecule has 1 aromatic carbocycles. The normalized spacial score (nSPS) is 14.1. The van der Waals surface area contributed by atoms with Gasteiger partial charge in [-0.25, -0.2) is 4.98 Å². The van der Waals surface area contributed by atoms with Crippen LogP contribution in [0.1, 0.15) is 16.8 Å². The number of aromatic hydroxyl groups is 1. The molecule has 5 nitrogen and oxygen atoms in total. The van der Waals surface area contributed by atoms with Crippen molar-refractivity contribution in [3.05, 3.63) is 57.8 Å². The van der Waals surface area contributed by atoms with E-state index in [1.54, 1.807) is 29.1 Å². The summed E-state index contributed by atoms with van der Waals surface area (Å²) in [6.07, 6.45) is 2.31. The highest BCUT2D eigenvalue weighted by atomic mass is 16.3. The largest absolute Gasteiger partial charge is 0.508 e. The summed E-state index contributed by atoms with van der Waals surface area (Å²) in [5.74, 6) is 0.209. The van der Waals surface area contributed by atoms with E-state index >= 15 is 0 Å². The van der Waals surface area contributed by atoms with Crippen molar-refractivity contribution in [2.45, 2.75) is 19.5 Å². The highest BCUT2D eigenvalue weighted by Gasteiger charge is 2.15. The monoisotopic (exact) mass is 257 g/mol. The minimum absolute atomic E-state index is 0.0230. The lowest BCUT2D eigenvalue weighted by molar-refractivity contribution is 0.474. The molecular formula is C14H15N3O2. The second-order valence-corrected chi connectivity index (χ2v) is 4.70. The molecule has 0 bridgehead atoms. The summed E-state index contributed by atoms with van der Waals surface area (Å²) in [6.45, 7) is 1.92. The van der Waals surface area contributed by atoms with Gasteiger partial charge in [0.05, 0.1) is 18.6 Å². The SMILES string of the molecule is O=c1c2c(ncn1Cc1cccc(O)c1)CNCC2. The van der Waals surface area contributed by atoms with Gasteiger partial charge < -0.3 is 10.4 Å². The Morgan fingerprint density at radius 2 is 2.32 bits per heavy atom. The molecule has 0 fully saturated rings. The Bertz CT molecular complexity index is 664. The number of phenols is 1. The Morgan fingerprint density at radius 3 is 3.16 bits per heavy atom. The molecule has 0 unspecified atom stereocenters. The molecule has 0 spiro atoms. The van der Waals surface area contributed by atoms with Crippen molar-refractivity contribution >= 4 is 0 Å². The van der Waals surface area contributed by atoms with Gasteiger partial charge in [0, 0.05) is 12.1 Å². The smallest absolute Gasteiger partial charge is 0.257 e. The van der Waals surface area contributed by atoms with Crippen LogP contribution in [0, 0.1) is 0 Å². The van der Waals surface area contributed by atoms with Gasteiger partial charge in [-0.2, -0.15) is 0 Å². The quantitative estimate of drug-likeness (QED) is 0.828. The lowest BCUT2D eigenvalue weighted by atomic mass is 10.1. The topological polar surface area (TPSA) is 67.2 Å². The van der Waals surface area contributed by atoms with Crippen LogP contribution in [-0.2, 0) is 19.5 Å². The van der Waals surface area contributed by atoms with Crippen molar-refractivity contribution in [2.24, 2.45) is 0 Å². The Kier molecular flexibility index (Phi) is 3.05. The number of nitrogens with one attached hydrogen (secondary N) is 1. The minimum atomic E-state index is 0.0230. The van der Waals surface area contributed by atoms with E-state index in [1.165, 1.54) is 0 Å². The van der Waals surface area contributed by atoms with Gasteiger partial charge in [-0.3, -0.25) is 9.36 Å². The van der Waals surface area contributed by atoms with Crippen LogP contribution in [0.5, 0.6) is 5.75 Å². The summed E-state index contributed by atoms with van der Waals surface area (Å²) in [6, 6.07) is 6.93.